The first-order chi connectivity index (χ1) is 8.63. The highest BCUT2D eigenvalue weighted by molar-refractivity contribution is 7.53. The molecule has 1 fully saturated rings. The summed E-state index contributed by atoms with van der Waals surface area (Å²) in [6, 6.07) is 0. The lowest BCUT2D eigenvalue weighted by Gasteiger charge is -2.29. The second-order valence-corrected chi connectivity index (χ2v) is 7.34. The third-order valence-corrected chi connectivity index (χ3v) is 5.76. The Morgan fingerprint density at radius 3 is 2.22 bits per heavy atom. The molecule has 1 rings (SSSR count). The lowest BCUT2D eigenvalue weighted by atomic mass is 9.89. The van der Waals surface area contributed by atoms with Gasteiger partial charge in [0.15, 0.2) is 0 Å². The van der Waals surface area contributed by atoms with Crippen LogP contribution in [0.1, 0.15) is 45.4 Å². The van der Waals surface area contributed by atoms with Gasteiger partial charge in [0, 0.05) is 20.8 Å². The van der Waals surface area contributed by atoms with Crippen LogP contribution in [-0.2, 0) is 18.3 Å². The van der Waals surface area contributed by atoms with Crippen LogP contribution in [0.4, 0.5) is 0 Å². The lowest BCUT2D eigenvalue weighted by Crippen LogP contribution is -2.24. The fourth-order valence-electron chi connectivity index (χ4n) is 2.42. The molecule has 1 saturated carbocycles. The van der Waals surface area contributed by atoms with Crippen molar-refractivity contribution < 1.29 is 18.3 Å². The summed E-state index contributed by atoms with van der Waals surface area (Å²) in [7, 11) is 0.0879. The molecule has 18 heavy (non-hydrogen) atoms. The molecule has 0 atom stereocenters. The van der Waals surface area contributed by atoms with Crippen LogP contribution < -0.4 is 0 Å². The molecule has 0 bridgehead atoms. The molecule has 1 aliphatic rings. The molecule has 0 saturated heterocycles. The summed E-state index contributed by atoms with van der Waals surface area (Å²) in [5.74, 6) is 0.446. The molecule has 0 radical (unpaired) electrons. The van der Waals surface area contributed by atoms with Crippen LogP contribution in [0.5, 0.6) is 0 Å². The molecular weight excluding hydrogens is 251 g/mol. The predicted molar refractivity (Wildman–Crippen MR) is 73.1 cm³/mol. The molecule has 4 nitrogen and oxygen atoms in total. The summed E-state index contributed by atoms with van der Waals surface area (Å²) in [6.07, 6.45) is 7.53. The van der Waals surface area contributed by atoms with Crippen molar-refractivity contribution in [3.63, 3.8) is 0 Å². The molecule has 0 N–H and O–H groups in total. The number of ether oxygens (including phenoxy) is 1. The SMILES string of the molecule is CCCCO[C@H]1CC[C@@H](CP(=O)(OC)OC)CC1. The zero-order chi connectivity index (χ0) is 13.4. The molecule has 5 heteroatoms. The molecular formula is C13H27O4P. The van der Waals surface area contributed by atoms with Crippen LogP contribution >= 0.6 is 7.60 Å². The standard InChI is InChI=1S/C13H27O4P/c1-4-5-10-17-13-8-6-12(7-9-13)11-18(14,15-2)16-3/h12-13H,4-11H2,1-3H3/t12-,13+. The van der Waals surface area contributed by atoms with Crippen LogP contribution in [0.2, 0.25) is 0 Å². The van der Waals surface area contributed by atoms with Gasteiger partial charge in [-0.15, -0.1) is 0 Å². The third kappa shape index (κ3) is 5.40. The minimum Gasteiger partial charge on any atom is -0.378 e. The van der Waals surface area contributed by atoms with E-state index in [1.54, 1.807) is 0 Å². The molecule has 0 aromatic carbocycles. The fraction of sp³-hybridized carbons (Fsp3) is 1.00. The van der Waals surface area contributed by atoms with Gasteiger partial charge in [-0.2, -0.15) is 0 Å². The summed E-state index contributed by atoms with van der Waals surface area (Å²) in [5, 5.41) is 0. The predicted octanol–water partition coefficient (Wildman–Crippen LogP) is 3.85. The van der Waals surface area contributed by atoms with E-state index in [-0.39, 0.29) is 0 Å². The van der Waals surface area contributed by atoms with Crippen LogP contribution in [0.25, 0.3) is 0 Å². The Hall–Kier alpha value is 0.110. The Morgan fingerprint density at radius 1 is 1.11 bits per heavy atom. The van der Waals surface area contributed by atoms with E-state index < -0.39 is 7.60 Å². The Bertz CT molecular complexity index is 254. The fourth-order valence-corrected chi connectivity index (χ4v) is 3.86. The summed E-state index contributed by atoms with van der Waals surface area (Å²) >= 11 is 0. The van der Waals surface area contributed by atoms with Crippen molar-refractivity contribution in [1.82, 2.24) is 0 Å². The van der Waals surface area contributed by atoms with Gasteiger partial charge in [0.25, 0.3) is 0 Å². The summed E-state index contributed by atoms with van der Waals surface area (Å²) in [4.78, 5) is 0. The maximum atomic E-state index is 12.0. The van der Waals surface area contributed by atoms with Gasteiger partial charge in [0.2, 0.25) is 0 Å². The van der Waals surface area contributed by atoms with Gasteiger partial charge in [-0.25, -0.2) is 0 Å². The molecule has 0 unspecified atom stereocenters. The smallest absolute Gasteiger partial charge is 0.330 e. The van der Waals surface area contributed by atoms with Gasteiger partial charge in [-0.1, -0.05) is 13.3 Å². The topological polar surface area (TPSA) is 44.8 Å². The number of unbranched alkanes of at least 4 members (excludes halogenated alkanes) is 1. The van der Waals surface area contributed by atoms with Crippen LogP contribution in [0, 0.1) is 5.92 Å². The van der Waals surface area contributed by atoms with E-state index in [4.69, 9.17) is 13.8 Å². The molecule has 0 heterocycles. The van der Waals surface area contributed by atoms with Crippen LogP contribution in [-0.4, -0.2) is 33.1 Å². The molecule has 0 amide bonds. The Balaban J connectivity index is 2.24. The minimum atomic E-state index is -2.84. The van der Waals surface area contributed by atoms with Crippen molar-refractivity contribution in [2.45, 2.75) is 51.6 Å². The first kappa shape index (κ1) is 16.2. The lowest BCUT2D eigenvalue weighted by molar-refractivity contribution is 0.0182. The molecule has 1 aliphatic carbocycles. The zero-order valence-electron chi connectivity index (χ0n) is 11.9. The maximum Gasteiger partial charge on any atom is 0.330 e. The average molecular weight is 278 g/mol. The van der Waals surface area contributed by atoms with Crippen molar-refractivity contribution in [1.29, 1.82) is 0 Å². The number of rotatable bonds is 8. The summed E-state index contributed by atoms with van der Waals surface area (Å²) in [5.41, 5.74) is 0. The molecule has 0 aromatic heterocycles. The van der Waals surface area contributed by atoms with Gasteiger partial charge >= 0.3 is 7.60 Å². The van der Waals surface area contributed by atoms with E-state index in [9.17, 15) is 4.57 Å². The molecule has 0 aliphatic heterocycles. The Labute approximate surface area is 111 Å². The van der Waals surface area contributed by atoms with Gasteiger partial charge in [-0.05, 0) is 38.0 Å². The van der Waals surface area contributed by atoms with E-state index in [1.165, 1.54) is 20.6 Å². The van der Waals surface area contributed by atoms with Crippen LogP contribution in [0.15, 0.2) is 0 Å². The van der Waals surface area contributed by atoms with Crippen molar-refractivity contribution in [2.24, 2.45) is 5.92 Å². The quantitative estimate of drug-likeness (QED) is 0.500. The Kier molecular flexibility index (Phi) is 7.47. The van der Waals surface area contributed by atoms with Crippen molar-refractivity contribution in [2.75, 3.05) is 27.0 Å². The van der Waals surface area contributed by atoms with Gasteiger partial charge < -0.3 is 13.8 Å². The average Bonchev–Trinajstić information content (AvgIpc) is 2.41. The van der Waals surface area contributed by atoms with Crippen LogP contribution in [0.3, 0.4) is 0 Å². The largest absolute Gasteiger partial charge is 0.378 e. The molecule has 0 aromatic rings. The highest BCUT2D eigenvalue weighted by atomic mass is 31.2. The highest BCUT2D eigenvalue weighted by Gasteiger charge is 2.30. The number of hydrogen-bond acceptors (Lipinski definition) is 4. The monoisotopic (exact) mass is 278 g/mol. The van der Waals surface area contributed by atoms with Crippen molar-refractivity contribution in [3.05, 3.63) is 0 Å². The van der Waals surface area contributed by atoms with E-state index in [0.717, 1.165) is 38.7 Å². The van der Waals surface area contributed by atoms with Gasteiger partial charge in [0.1, 0.15) is 0 Å². The maximum absolute atomic E-state index is 12.0. The van der Waals surface area contributed by atoms with E-state index >= 15 is 0 Å². The van der Waals surface area contributed by atoms with Gasteiger partial charge in [0.05, 0.1) is 12.3 Å². The molecule has 108 valence electrons. The minimum absolute atomic E-state index is 0.400. The van der Waals surface area contributed by atoms with E-state index in [1.807, 2.05) is 0 Å². The van der Waals surface area contributed by atoms with Crippen molar-refractivity contribution in [3.8, 4) is 0 Å². The Morgan fingerprint density at radius 2 is 1.72 bits per heavy atom. The normalized spacial score (nSPS) is 25.3. The van der Waals surface area contributed by atoms with E-state index in [0.29, 0.717) is 18.2 Å². The zero-order valence-corrected chi connectivity index (χ0v) is 12.8. The highest BCUT2D eigenvalue weighted by Crippen LogP contribution is 2.50. The first-order valence-corrected chi connectivity index (χ1v) is 8.68. The second-order valence-electron chi connectivity index (χ2n) is 5.03. The third-order valence-electron chi connectivity index (χ3n) is 3.68. The first-order valence-electron chi connectivity index (χ1n) is 6.95. The van der Waals surface area contributed by atoms with Gasteiger partial charge in [-0.3, -0.25) is 4.57 Å². The summed E-state index contributed by atoms with van der Waals surface area (Å²) < 4.78 is 27.9. The summed E-state index contributed by atoms with van der Waals surface area (Å²) in [6.45, 7) is 3.05. The molecule has 0 spiro atoms. The number of hydrogen-bond donors (Lipinski definition) is 0. The van der Waals surface area contributed by atoms with E-state index in [2.05, 4.69) is 6.92 Å². The van der Waals surface area contributed by atoms with Crippen molar-refractivity contribution >= 4 is 7.60 Å². The second kappa shape index (κ2) is 8.31.